The minimum Gasteiger partial charge on any atom is -0.313 e. The largest absolute Gasteiger partial charge is 0.313 e. The van der Waals surface area contributed by atoms with Crippen LogP contribution in [0.2, 0.25) is 0 Å². The molecule has 1 atom stereocenters. The van der Waals surface area contributed by atoms with Crippen molar-refractivity contribution in [2.45, 2.75) is 38.6 Å². The van der Waals surface area contributed by atoms with E-state index in [-0.39, 0.29) is 0 Å². The molecule has 0 aromatic heterocycles. The summed E-state index contributed by atoms with van der Waals surface area (Å²) in [6.07, 6.45) is 3.96. The Morgan fingerprint density at radius 3 is 2.75 bits per heavy atom. The zero-order valence-electron chi connectivity index (χ0n) is 8.69. The molecular weight excluding hydrogens is 148 g/mol. The van der Waals surface area contributed by atoms with Gasteiger partial charge in [-0.15, -0.1) is 0 Å². The normalized spacial score (nSPS) is 31.2. The molecule has 72 valence electrons. The fourth-order valence-electron chi connectivity index (χ4n) is 1.83. The Bertz CT molecular complexity index is 134. The second-order valence-electron chi connectivity index (χ2n) is 4.19. The van der Waals surface area contributed by atoms with Gasteiger partial charge in [-0.1, -0.05) is 13.3 Å². The number of likely N-dealkylation sites (tertiary alicyclic amines) is 1. The Morgan fingerprint density at radius 1 is 1.50 bits per heavy atom. The lowest BCUT2D eigenvalue weighted by molar-refractivity contribution is 0.297. The van der Waals surface area contributed by atoms with Gasteiger partial charge in [-0.25, -0.2) is 0 Å². The molecule has 1 aliphatic rings. The molecule has 1 N–H and O–H groups in total. The van der Waals surface area contributed by atoms with Crippen molar-refractivity contribution >= 4 is 0 Å². The van der Waals surface area contributed by atoms with Gasteiger partial charge in [0.2, 0.25) is 0 Å². The SMILES string of the molecule is CCCCN1CCC(C)(NC)C1. The van der Waals surface area contributed by atoms with Crippen LogP contribution in [0.3, 0.4) is 0 Å². The molecule has 0 bridgehead atoms. The molecule has 2 nitrogen and oxygen atoms in total. The molecule has 0 spiro atoms. The maximum absolute atomic E-state index is 3.41. The first-order valence-electron chi connectivity index (χ1n) is 5.11. The Morgan fingerprint density at radius 2 is 2.25 bits per heavy atom. The minimum absolute atomic E-state index is 0.383. The van der Waals surface area contributed by atoms with E-state index in [2.05, 4.69) is 31.1 Å². The molecule has 0 amide bonds. The molecule has 0 radical (unpaired) electrons. The van der Waals surface area contributed by atoms with E-state index in [0.29, 0.717) is 5.54 Å². The fourth-order valence-corrected chi connectivity index (χ4v) is 1.83. The molecule has 2 heteroatoms. The first kappa shape index (κ1) is 10.0. The van der Waals surface area contributed by atoms with Crippen LogP contribution in [0.15, 0.2) is 0 Å². The van der Waals surface area contributed by atoms with Gasteiger partial charge < -0.3 is 10.2 Å². The van der Waals surface area contributed by atoms with Gasteiger partial charge in [-0.2, -0.15) is 0 Å². The van der Waals surface area contributed by atoms with E-state index in [1.54, 1.807) is 0 Å². The van der Waals surface area contributed by atoms with E-state index in [0.717, 1.165) is 0 Å². The molecule has 0 saturated carbocycles. The first-order valence-corrected chi connectivity index (χ1v) is 5.11. The van der Waals surface area contributed by atoms with Crippen molar-refractivity contribution in [3.05, 3.63) is 0 Å². The molecule has 0 aromatic carbocycles. The second kappa shape index (κ2) is 4.24. The number of unbranched alkanes of at least 4 members (excludes halogenated alkanes) is 1. The smallest absolute Gasteiger partial charge is 0.0289 e. The monoisotopic (exact) mass is 170 g/mol. The number of hydrogen-bond donors (Lipinski definition) is 1. The summed E-state index contributed by atoms with van der Waals surface area (Å²) < 4.78 is 0. The quantitative estimate of drug-likeness (QED) is 0.687. The standard InChI is InChI=1S/C10H22N2/c1-4-5-7-12-8-6-10(2,9-12)11-3/h11H,4-9H2,1-3H3. The third-order valence-electron chi connectivity index (χ3n) is 2.98. The van der Waals surface area contributed by atoms with Crippen LogP contribution >= 0.6 is 0 Å². The molecule has 1 saturated heterocycles. The molecule has 1 unspecified atom stereocenters. The average molecular weight is 170 g/mol. The van der Waals surface area contributed by atoms with Gasteiger partial charge in [0.25, 0.3) is 0 Å². The average Bonchev–Trinajstić information content (AvgIpc) is 2.45. The topological polar surface area (TPSA) is 15.3 Å². The lowest BCUT2D eigenvalue weighted by Crippen LogP contribution is -2.42. The van der Waals surface area contributed by atoms with Crippen molar-refractivity contribution in [3.63, 3.8) is 0 Å². The van der Waals surface area contributed by atoms with Crippen LogP contribution in [0.4, 0.5) is 0 Å². The lowest BCUT2D eigenvalue weighted by Gasteiger charge is -2.23. The van der Waals surface area contributed by atoms with Crippen molar-refractivity contribution < 1.29 is 0 Å². The highest BCUT2D eigenvalue weighted by Crippen LogP contribution is 2.20. The van der Waals surface area contributed by atoms with Crippen LogP contribution in [0.1, 0.15) is 33.1 Å². The number of nitrogens with one attached hydrogen (secondary N) is 1. The maximum atomic E-state index is 3.41. The lowest BCUT2D eigenvalue weighted by atomic mass is 10.0. The van der Waals surface area contributed by atoms with Crippen LogP contribution in [0.5, 0.6) is 0 Å². The Labute approximate surface area is 76.3 Å². The molecule has 12 heavy (non-hydrogen) atoms. The summed E-state index contributed by atoms with van der Waals surface area (Å²) in [7, 11) is 2.07. The van der Waals surface area contributed by atoms with Gasteiger partial charge in [0.15, 0.2) is 0 Å². The summed E-state index contributed by atoms with van der Waals surface area (Å²) in [4.78, 5) is 2.57. The first-order chi connectivity index (χ1) is 5.70. The van der Waals surface area contributed by atoms with E-state index in [4.69, 9.17) is 0 Å². The van der Waals surface area contributed by atoms with E-state index in [1.807, 2.05) is 0 Å². The minimum atomic E-state index is 0.383. The van der Waals surface area contributed by atoms with Crippen molar-refractivity contribution in [2.24, 2.45) is 0 Å². The zero-order valence-corrected chi connectivity index (χ0v) is 8.69. The summed E-state index contributed by atoms with van der Waals surface area (Å²) in [6, 6.07) is 0. The Hall–Kier alpha value is -0.0800. The van der Waals surface area contributed by atoms with E-state index >= 15 is 0 Å². The van der Waals surface area contributed by atoms with Crippen LogP contribution < -0.4 is 5.32 Å². The highest BCUT2D eigenvalue weighted by atomic mass is 15.2. The van der Waals surface area contributed by atoms with Crippen LogP contribution in [0, 0.1) is 0 Å². The molecular formula is C10H22N2. The van der Waals surface area contributed by atoms with Crippen molar-refractivity contribution in [2.75, 3.05) is 26.7 Å². The fraction of sp³-hybridized carbons (Fsp3) is 1.00. The van der Waals surface area contributed by atoms with Gasteiger partial charge in [0, 0.05) is 12.1 Å². The van der Waals surface area contributed by atoms with Crippen LogP contribution in [0.25, 0.3) is 0 Å². The van der Waals surface area contributed by atoms with Gasteiger partial charge in [-0.05, 0) is 39.9 Å². The molecule has 0 aliphatic carbocycles. The molecule has 0 aromatic rings. The van der Waals surface area contributed by atoms with E-state index in [9.17, 15) is 0 Å². The molecule has 1 rings (SSSR count). The number of nitrogens with zero attached hydrogens (tertiary/aromatic N) is 1. The van der Waals surface area contributed by atoms with Crippen molar-refractivity contribution in [1.82, 2.24) is 10.2 Å². The van der Waals surface area contributed by atoms with Gasteiger partial charge in [0.1, 0.15) is 0 Å². The Kier molecular flexibility index (Phi) is 3.53. The second-order valence-corrected chi connectivity index (χ2v) is 4.19. The summed E-state index contributed by atoms with van der Waals surface area (Å²) in [5, 5.41) is 3.41. The third-order valence-corrected chi connectivity index (χ3v) is 2.98. The Balaban J connectivity index is 2.25. The maximum Gasteiger partial charge on any atom is 0.0289 e. The summed E-state index contributed by atoms with van der Waals surface area (Å²) in [5.41, 5.74) is 0.383. The molecule has 1 heterocycles. The predicted octanol–water partition coefficient (Wildman–Crippen LogP) is 1.47. The van der Waals surface area contributed by atoms with Gasteiger partial charge in [-0.3, -0.25) is 0 Å². The zero-order chi connectivity index (χ0) is 9.03. The van der Waals surface area contributed by atoms with Crippen LogP contribution in [-0.4, -0.2) is 37.1 Å². The number of hydrogen-bond acceptors (Lipinski definition) is 2. The molecule has 1 fully saturated rings. The predicted molar refractivity (Wildman–Crippen MR) is 53.4 cm³/mol. The summed E-state index contributed by atoms with van der Waals surface area (Å²) in [6.45, 7) is 8.36. The van der Waals surface area contributed by atoms with Gasteiger partial charge in [0.05, 0.1) is 0 Å². The van der Waals surface area contributed by atoms with Crippen molar-refractivity contribution in [3.8, 4) is 0 Å². The highest BCUT2D eigenvalue weighted by Gasteiger charge is 2.31. The highest BCUT2D eigenvalue weighted by molar-refractivity contribution is 4.92. The summed E-state index contributed by atoms with van der Waals surface area (Å²) >= 11 is 0. The molecule has 1 aliphatic heterocycles. The van der Waals surface area contributed by atoms with E-state index < -0.39 is 0 Å². The third kappa shape index (κ3) is 2.46. The number of rotatable bonds is 4. The summed E-state index contributed by atoms with van der Waals surface area (Å²) in [5.74, 6) is 0. The van der Waals surface area contributed by atoms with Gasteiger partial charge >= 0.3 is 0 Å². The van der Waals surface area contributed by atoms with Crippen LogP contribution in [-0.2, 0) is 0 Å². The van der Waals surface area contributed by atoms with E-state index in [1.165, 1.54) is 38.9 Å². The van der Waals surface area contributed by atoms with Crippen molar-refractivity contribution in [1.29, 1.82) is 0 Å². The number of likely N-dealkylation sites (N-methyl/N-ethyl adjacent to an activating group) is 1.